The van der Waals surface area contributed by atoms with Crippen molar-refractivity contribution in [2.45, 2.75) is 4.90 Å². The molecule has 0 saturated heterocycles. The van der Waals surface area contributed by atoms with E-state index in [-0.39, 0.29) is 21.9 Å². The van der Waals surface area contributed by atoms with Gasteiger partial charge < -0.3 is 4.18 Å². The highest BCUT2D eigenvalue weighted by molar-refractivity contribution is 9.10. The smallest absolute Gasteiger partial charge is 0.339 e. The fourth-order valence-corrected chi connectivity index (χ4v) is 5.92. The molecular formula is C22H12BrN3O6S2. The normalized spacial score (nSPS) is 12.4. The molecule has 34 heavy (non-hydrogen) atoms. The Bertz CT molecular complexity index is 1830. The third-order valence-electron chi connectivity index (χ3n) is 4.92. The van der Waals surface area contributed by atoms with Crippen LogP contribution in [0.1, 0.15) is 5.56 Å². The predicted molar refractivity (Wildman–Crippen MR) is 131 cm³/mol. The number of hydrogen-bond donors (Lipinski definition) is 0. The highest BCUT2D eigenvalue weighted by Gasteiger charge is 2.21. The molecule has 0 fully saturated rings. The van der Waals surface area contributed by atoms with Crippen molar-refractivity contribution in [3.05, 3.63) is 102 Å². The molecule has 0 aliphatic heterocycles. The van der Waals surface area contributed by atoms with Gasteiger partial charge in [0.05, 0.1) is 25.0 Å². The molecule has 0 spiro atoms. The largest absolute Gasteiger partial charge is 0.378 e. The molecule has 0 aliphatic carbocycles. The van der Waals surface area contributed by atoms with Gasteiger partial charge in [0.15, 0.2) is 10.7 Å². The van der Waals surface area contributed by atoms with Gasteiger partial charge in [0.1, 0.15) is 4.90 Å². The van der Waals surface area contributed by atoms with Crippen LogP contribution >= 0.6 is 27.3 Å². The molecule has 2 heterocycles. The van der Waals surface area contributed by atoms with E-state index in [9.17, 15) is 23.3 Å². The Morgan fingerprint density at radius 1 is 1.09 bits per heavy atom. The van der Waals surface area contributed by atoms with E-state index in [2.05, 4.69) is 20.9 Å². The number of hydrogen-bond acceptors (Lipinski definition) is 8. The zero-order chi connectivity index (χ0) is 24.0. The van der Waals surface area contributed by atoms with Crippen LogP contribution in [0.3, 0.4) is 0 Å². The van der Waals surface area contributed by atoms with Gasteiger partial charge in [0, 0.05) is 12.1 Å². The molecule has 0 radical (unpaired) electrons. The van der Waals surface area contributed by atoms with Crippen LogP contribution in [0.2, 0.25) is 0 Å². The number of halogens is 1. The Labute approximate surface area is 204 Å². The average Bonchev–Trinajstić information content (AvgIpc) is 3.31. The van der Waals surface area contributed by atoms with E-state index in [0.717, 1.165) is 17.1 Å². The van der Waals surface area contributed by atoms with E-state index in [1.54, 1.807) is 22.6 Å². The second-order valence-corrected chi connectivity index (χ2v) is 10.5. The Balaban J connectivity index is 1.48. The minimum atomic E-state index is -4.31. The summed E-state index contributed by atoms with van der Waals surface area (Å²) in [5.74, 6) is -0.00187. The van der Waals surface area contributed by atoms with Crippen molar-refractivity contribution in [2.75, 3.05) is 0 Å². The Morgan fingerprint density at radius 3 is 2.65 bits per heavy atom. The first-order valence-corrected chi connectivity index (χ1v) is 12.6. The predicted octanol–water partition coefficient (Wildman–Crippen LogP) is 3.90. The van der Waals surface area contributed by atoms with Crippen LogP contribution in [-0.2, 0) is 10.1 Å². The Kier molecular flexibility index (Phi) is 5.42. The minimum Gasteiger partial charge on any atom is -0.378 e. The first-order chi connectivity index (χ1) is 16.2. The molecule has 0 N–H and O–H groups in total. The van der Waals surface area contributed by atoms with E-state index >= 15 is 0 Å². The zero-order valence-corrected chi connectivity index (χ0v) is 20.1. The maximum absolute atomic E-state index is 12.9. The zero-order valence-electron chi connectivity index (χ0n) is 16.9. The summed E-state index contributed by atoms with van der Waals surface area (Å²) in [6, 6.07) is 16.6. The van der Waals surface area contributed by atoms with Crippen molar-refractivity contribution in [1.82, 2.24) is 9.38 Å². The van der Waals surface area contributed by atoms with Crippen molar-refractivity contribution in [2.24, 2.45) is 0 Å². The molecule has 5 rings (SSSR count). The summed E-state index contributed by atoms with van der Waals surface area (Å²) in [4.78, 5) is 27.9. The molecule has 0 atom stereocenters. The second kappa shape index (κ2) is 8.31. The van der Waals surface area contributed by atoms with Crippen molar-refractivity contribution < 1.29 is 17.5 Å². The molecule has 3 aromatic carbocycles. The van der Waals surface area contributed by atoms with Crippen LogP contribution in [0.25, 0.3) is 22.1 Å². The van der Waals surface area contributed by atoms with Crippen molar-refractivity contribution in [1.29, 1.82) is 0 Å². The van der Waals surface area contributed by atoms with Gasteiger partial charge in [0.25, 0.3) is 11.2 Å². The SMILES string of the molecule is O=c1/c(=C\c2ccc(OS(=O)(=O)c3cccc([N+](=O)[O-])c3)c(Br)c2)sc2nc3ccccc3n12. The Hall–Kier alpha value is -3.61. The molecule has 12 heteroatoms. The van der Waals surface area contributed by atoms with Gasteiger partial charge in [-0.05, 0) is 57.9 Å². The topological polar surface area (TPSA) is 121 Å². The molecule has 0 aliphatic rings. The minimum absolute atomic E-state index is 0.00187. The quantitative estimate of drug-likeness (QED) is 0.182. The van der Waals surface area contributed by atoms with E-state index < -0.39 is 15.0 Å². The number of nitrogens with zero attached hydrogens (tertiary/aromatic N) is 3. The highest BCUT2D eigenvalue weighted by Crippen LogP contribution is 2.30. The van der Waals surface area contributed by atoms with Crippen LogP contribution in [0, 0.1) is 10.1 Å². The lowest BCUT2D eigenvalue weighted by Crippen LogP contribution is -2.22. The third-order valence-corrected chi connectivity index (χ3v) is 7.73. The number of para-hydroxylation sites is 2. The Morgan fingerprint density at radius 2 is 1.88 bits per heavy atom. The van der Waals surface area contributed by atoms with Crippen LogP contribution in [0.5, 0.6) is 5.75 Å². The van der Waals surface area contributed by atoms with E-state index in [1.165, 1.54) is 35.6 Å². The number of non-ortho nitro benzene ring substituents is 1. The van der Waals surface area contributed by atoms with E-state index in [1.807, 2.05) is 24.3 Å². The number of benzene rings is 3. The standard InChI is InChI=1S/C22H12BrN3O6S2/c23-16-10-13(11-20-21(27)25-18-7-2-1-6-17(18)24-22(25)33-20)8-9-19(16)32-34(30,31)15-5-3-4-14(12-15)26(28)29/h1-12H/b20-11+. The van der Waals surface area contributed by atoms with Gasteiger partial charge in [-0.2, -0.15) is 8.42 Å². The van der Waals surface area contributed by atoms with Gasteiger partial charge in [-0.25, -0.2) is 9.38 Å². The maximum Gasteiger partial charge on any atom is 0.339 e. The van der Waals surface area contributed by atoms with E-state index in [4.69, 9.17) is 4.18 Å². The number of nitro groups is 1. The highest BCUT2D eigenvalue weighted by atomic mass is 79.9. The average molecular weight is 558 g/mol. The van der Waals surface area contributed by atoms with Gasteiger partial charge in [-0.15, -0.1) is 0 Å². The lowest BCUT2D eigenvalue weighted by Gasteiger charge is -2.09. The van der Waals surface area contributed by atoms with Crippen molar-refractivity contribution in [3.63, 3.8) is 0 Å². The number of fused-ring (bicyclic) bond motifs is 3. The summed E-state index contributed by atoms with van der Waals surface area (Å²) in [5, 5.41) is 10.9. The first-order valence-electron chi connectivity index (χ1n) is 9.63. The lowest BCUT2D eigenvalue weighted by molar-refractivity contribution is -0.385. The fourth-order valence-electron chi connectivity index (χ4n) is 3.36. The summed E-state index contributed by atoms with van der Waals surface area (Å²) in [7, 11) is -4.31. The number of aromatic nitrogens is 2. The van der Waals surface area contributed by atoms with Crippen LogP contribution < -0.4 is 14.3 Å². The molecule has 5 aromatic rings. The molecular weight excluding hydrogens is 546 g/mol. The third kappa shape index (κ3) is 3.95. The van der Waals surface area contributed by atoms with Gasteiger partial charge in [-0.3, -0.25) is 14.9 Å². The molecule has 0 unspecified atom stereocenters. The van der Waals surface area contributed by atoms with Crippen LogP contribution in [0.15, 0.2) is 80.9 Å². The summed E-state index contributed by atoms with van der Waals surface area (Å²) < 4.78 is 32.7. The lowest BCUT2D eigenvalue weighted by atomic mass is 10.2. The molecule has 9 nitrogen and oxygen atoms in total. The fraction of sp³-hybridized carbons (Fsp3) is 0. The maximum atomic E-state index is 12.9. The molecule has 0 amide bonds. The molecule has 0 saturated carbocycles. The molecule has 2 aromatic heterocycles. The van der Waals surface area contributed by atoms with E-state index in [0.29, 0.717) is 19.5 Å². The summed E-state index contributed by atoms with van der Waals surface area (Å²) >= 11 is 4.54. The van der Waals surface area contributed by atoms with Crippen LogP contribution in [0.4, 0.5) is 5.69 Å². The van der Waals surface area contributed by atoms with Crippen molar-refractivity contribution >= 4 is 65.1 Å². The van der Waals surface area contributed by atoms with Gasteiger partial charge in [-0.1, -0.05) is 35.6 Å². The van der Waals surface area contributed by atoms with Crippen LogP contribution in [-0.4, -0.2) is 22.7 Å². The summed E-state index contributed by atoms with van der Waals surface area (Å²) in [6.45, 7) is 0. The number of nitro benzene ring substituents is 1. The van der Waals surface area contributed by atoms with Crippen molar-refractivity contribution in [3.8, 4) is 5.75 Å². The number of thiazole rings is 1. The number of rotatable bonds is 5. The second-order valence-electron chi connectivity index (χ2n) is 7.12. The number of imidazole rings is 1. The monoisotopic (exact) mass is 557 g/mol. The van der Waals surface area contributed by atoms with Gasteiger partial charge >= 0.3 is 10.1 Å². The van der Waals surface area contributed by atoms with Gasteiger partial charge in [0.2, 0.25) is 0 Å². The first kappa shape index (κ1) is 22.2. The summed E-state index contributed by atoms with van der Waals surface area (Å²) in [5.41, 5.74) is 1.55. The molecule has 170 valence electrons. The summed E-state index contributed by atoms with van der Waals surface area (Å²) in [6.07, 6.45) is 1.68. The molecule has 0 bridgehead atoms.